The maximum absolute atomic E-state index is 12.2. The molecule has 0 heterocycles. The number of nitrogens with one attached hydrogen (secondary N) is 2. The fourth-order valence-electron chi connectivity index (χ4n) is 2.34. The first-order valence-electron chi connectivity index (χ1n) is 7.01. The highest BCUT2D eigenvalue weighted by atomic mass is 32.1. The van der Waals surface area contributed by atoms with E-state index in [9.17, 15) is 4.79 Å². The predicted molar refractivity (Wildman–Crippen MR) is 90.9 cm³/mol. The first-order valence-corrected chi connectivity index (χ1v) is 7.42. The van der Waals surface area contributed by atoms with Crippen LogP contribution in [0.5, 0.6) is 0 Å². The fraction of sp³-hybridized carbons (Fsp3) is 0.118. The highest BCUT2D eigenvalue weighted by Crippen LogP contribution is 2.19. The second kappa shape index (κ2) is 6.49. The lowest BCUT2D eigenvalue weighted by Crippen LogP contribution is -2.32. The second-order valence-corrected chi connectivity index (χ2v) is 5.41. The average Bonchev–Trinajstić information content (AvgIpc) is 2.88. The van der Waals surface area contributed by atoms with Gasteiger partial charge in [0.1, 0.15) is 5.71 Å². The van der Waals surface area contributed by atoms with Gasteiger partial charge in [-0.2, -0.15) is 5.10 Å². The minimum atomic E-state index is -0.0334. The van der Waals surface area contributed by atoms with Crippen molar-refractivity contribution in [1.29, 1.82) is 0 Å². The van der Waals surface area contributed by atoms with Gasteiger partial charge < -0.3 is 5.32 Å². The van der Waals surface area contributed by atoms with Crippen LogP contribution in [0.3, 0.4) is 0 Å². The minimum Gasteiger partial charge on any atom is -0.357 e. The SMILES string of the molecule is O=C1/C(=N\NC(=S)NCc2ccccc2)Cc2ccccc21. The van der Waals surface area contributed by atoms with Crippen molar-refractivity contribution in [3.05, 3.63) is 71.3 Å². The van der Waals surface area contributed by atoms with Gasteiger partial charge in [0.15, 0.2) is 5.11 Å². The number of carbonyl (C=O) groups excluding carboxylic acids is 1. The van der Waals surface area contributed by atoms with Crippen molar-refractivity contribution in [1.82, 2.24) is 10.7 Å². The van der Waals surface area contributed by atoms with Crippen LogP contribution in [0.4, 0.5) is 0 Å². The molecule has 0 unspecified atom stereocenters. The summed E-state index contributed by atoms with van der Waals surface area (Å²) >= 11 is 5.17. The highest BCUT2D eigenvalue weighted by Gasteiger charge is 2.25. The van der Waals surface area contributed by atoms with Gasteiger partial charge in [-0.15, -0.1) is 0 Å². The molecule has 1 aliphatic rings. The van der Waals surface area contributed by atoms with E-state index < -0.39 is 0 Å². The number of fused-ring (bicyclic) bond motifs is 1. The van der Waals surface area contributed by atoms with Crippen LogP contribution in [0.25, 0.3) is 0 Å². The molecule has 0 saturated carbocycles. The topological polar surface area (TPSA) is 53.5 Å². The molecule has 0 spiro atoms. The lowest BCUT2D eigenvalue weighted by Gasteiger charge is -2.07. The molecule has 1 aliphatic carbocycles. The Balaban J connectivity index is 1.56. The van der Waals surface area contributed by atoms with Gasteiger partial charge in [0.25, 0.3) is 0 Å². The number of rotatable bonds is 3. The smallest absolute Gasteiger partial charge is 0.209 e. The van der Waals surface area contributed by atoms with E-state index in [1.54, 1.807) is 0 Å². The van der Waals surface area contributed by atoms with Crippen molar-refractivity contribution < 1.29 is 4.79 Å². The number of nitrogens with zero attached hydrogens (tertiary/aromatic N) is 1. The summed E-state index contributed by atoms with van der Waals surface area (Å²) in [6, 6.07) is 17.5. The Morgan fingerprint density at radius 1 is 1.09 bits per heavy atom. The summed E-state index contributed by atoms with van der Waals surface area (Å²) in [6.07, 6.45) is 0.545. The molecule has 4 nitrogen and oxygen atoms in total. The van der Waals surface area contributed by atoms with E-state index in [2.05, 4.69) is 15.8 Å². The molecule has 0 fully saturated rings. The van der Waals surface area contributed by atoms with Crippen LogP contribution >= 0.6 is 12.2 Å². The maximum Gasteiger partial charge on any atom is 0.209 e. The molecular weight excluding hydrogens is 294 g/mol. The third-order valence-corrected chi connectivity index (χ3v) is 3.71. The van der Waals surface area contributed by atoms with Crippen LogP contribution < -0.4 is 10.7 Å². The Kier molecular flexibility index (Phi) is 4.25. The minimum absolute atomic E-state index is 0.0334. The summed E-state index contributed by atoms with van der Waals surface area (Å²) in [7, 11) is 0. The molecule has 0 atom stereocenters. The van der Waals surface area contributed by atoms with Gasteiger partial charge in [-0.05, 0) is 23.3 Å². The van der Waals surface area contributed by atoms with E-state index >= 15 is 0 Å². The van der Waals surface area contributed by atoms with E-state index in [0.29, 0.717) is 23.8 Å². The lowest BCUT2D eigenvalue weighted by molar-refractivity contribution is 0.106. The van der Waals surface area contributed by atoms with Gasteiger partial charge >= 0.3 is 0 Å². The lowest BCUT2D eigenvalue weighted by atomic mass is 10.1. The van der Waals surface area contributed by atoms with Crippen molar-refractivity contribution in [2.75, 3.05) is 0 Å². The molecule has 3 rings (SSSR count). The molecule has 0 amide bonds. The number of thiocarbonyl (C=S) groups is 1. The fourth-order valence-corrected chi connectivity index (χ4v) is 2.46. The zero-order valence-corrected chi connectivity index (χ0v) is 12.7. The molecule has 2 aromatic carbocycles. The summed E-state index contributed by atoms with van der Waals surface area (Å²) in [4.78, 5) is 12.2. The third kappa shape index (κ3) is 3.20. The molecule has 0 aromatic heterocycles. The summed E-state index contributed by atoms with van der Waals surface area (Å²) in [5.74, 6) is -0.0334. The number of hydrogen-bond acceptors (Lipinski definition) is 3. The standard InChI is InChI=1S/C17H15N3OS/c21-16-14-9-5-4-8-13(14)10-15(16)19-20-17(22)18-11-12-6-2-1-3-7-12/h1-9H,10-11H2,(H2,18,20,22)/b19-15-. The molecule has 0 aliphatic heterocycles. The number of benzene rings is 2. The third-order valence-electron chi connectivity index (χ3n) is 3.47. The molecule has 110 valence electrons. The Hall–Kier alpha value is -2.53. The zero-order chi connectivity index (χ0) is 15.4. The first kappa shape index (κ1) is 14.4. The van der Waals surface area contributed by atoms with Gasteiger partial charge in [0, 0.05) is 18.5 Å². The molecule has 0 radical (unpaired) electrons. The van der Waals surface area contributed by atoms with Crippen molar-refractivity contribution in [3.8, 4) is 0 Å². The monoisotopic (exact) mass is 309 g/mol. The van der Waals surface area contributed by atoms with Gasteiger partial charge in [0.2, 0.25) is 5.78 Å². The quantitative estimate of drug-likeness (QED) is 0.675. The van der Waals surface area contributed by atoms with Crippen molar-refractivity contribution in [3.63, 3.8) is 0 Å². The summed E-state index contributed by atoms with van der Waals surface area (Å²) < 4.78 is 0. The second-order valence-electron chi connectivity index (χ2n) is 5.00. The Morgan fingerprint density at radius 3 is 2.59 bits per heavy atom. The van der Waals surface area contributed by atoms with E-state index in [0.717, 1.165) is 16.7 Å². The molecule has 0 saturated heterocycles. The van der Waals surface area contributed by atoms with E-state index in [-0.39, 0.29) is 5.78 Å². The highest BCUT2D eigenvalue weighted by molar-refractivity contribution is 7.80. The first-order chi connectivity index (χ1) is 10.7. The van der Waals surface area contributed by atoms with Gasteiger partial charge in [-0.25, -0.2) is 0 Å². The maximum atomic E-state index is 12.2. The van der Waals surface area contributed by atoms with Crippen molar-refractivity contribution >= 4 is 28.8 Å². The van der Waals surface area contributed by atoms with Gasteiger partial charge in [0.05, 0.1) is 0 Å². The summed E-state index contributed by atoms with van der Waals surface area (Å²) in [5.41, 5.74) is 6.11. The van der Waals surface area contributed by atoms with Crippen LogP contribution in [-0.4, -0.2) is 16.6 Å². The molecule has 5 heteroatoms. The van der Waals surface area contributed by atoms with Gasteiger partial charge in [-0.1, -0.05) is 54.6 Å². The van der Waals surface area contributed by atoms with Crippen LogP contribution in [0.2, 0.25) is 0 Å². The average molecular weight is 309 g/mol. The van der Waals surface area contributed by atoms with Crippen LogP contribution in [-0.2, 0) is 13.0 Å². The number of ketones is 1. The molecule has 2 N–H and O–H groups in total. The molecule has 0 bridgehead atoms. The zero-order valence-electron chi connectivity index (χ0n) is 11.9. The Labute approximate surface area is 134 Å². The number of hydrazone groups is 1. The summed E-state index contributed by atoms with van der Waals surface area (Å²) in [5, 5.41) is 7.61. The Morgan fingerprint density at radius 2 is 1.82 bits per heavy atom. The largest absolute Gasteiger partial charge is 0.357 e. The normalized spacial score (nSPS) is 14.7. The Bertz CT molecular complexity index is 741. The number of Topliss-reactive ketones (excluding diaryl/α,β-unsaturated/α-hetero) is 1. The number of hydrogen-bond donors (Lipinski definition) is 2. The van der Waals surface area contributed by atoms with Crippen LogP contribution in [0, 0.1) is 0 Å². The van der Waals surface area contributed by atoms with Crippen molar-refractivity contribution in [2.24, 2.45) is 5.10 Å². The van der Waals surface area contributed by atoms with Crippen LogP contribution in [0.1, 0.15) is 21.5 Å². The molecular formula is C17H15N3OS. The van der Waals surface area contributed by atoms with Crippen LogP contribution in [0.15, 0.2) is 59.7 Å². The van der Waals surface area contributed by atoms with E-state index in [4.69, 9.17) is 12.2 Å². The van der Waals surface area contributed by atoms with E-state index in [1.165, 1.54) is 0 Å². The molecule has 2 aromatic rings. The van der Waals surface area contributed by atoms with Gasteiger partial charge in [-0.3, -0.25) is 10.2 Å². The van der Waals surface area contributed by atoms with E-state index in [1.807, 2.05) is 54.6 Å². The predicted octanol–water partition coefficient (Wildman–Crippen LogP) is 2.45. The summed E-state index contributed by atoms with van der Waals surface area (Å²) in [6.45, 7) is 0.617. The molecule has 22 heavy (non-hydrogen) atoms. The van der Waals surface area contributed by atoms with Crippen molar-refractivity contribution in [2.45, 2.75) is 13.0 Å². The number of carbonyl (C=O) groups is 1.